The van der Waals surface area contributed by atoms with Gasteiger partial charge in [0.25, 0.3) is 5.91 Å². The van der Waals surface area contributed by atoms with Crippen LogP contribution in [-0.4, -0.2) is 96.0 Å². The van der Waals surface area contributed by atoms with Crippen molar-refractivity contribution in [3.8, 4) is 17.0 Å². The molecule has 10 heteroatoms. The molecular weight excluding hydrogens is 533 g/mol. The number of hydrogen-bond donors (Lipinski definition) is 0. The van der Waals surface area contributed by atoms with E-state index in [0.29, 0.717) is 31.0 Å². The molecular formula is C30H35ClFN5O3. The summed E-state index contributed by atoms with van der Waals surface area (Å²) in [5.41, 5.74) is 0.577. The molecule has 2 atom stereocenters. The van der Waals surface area contributed by atoms with E-state index in [-0.39, 0.29) is 57.4 Å². The van der Waals surface area contributed by atoms with Crippen LogP contribution in [0.5, 0.6) is 5.75 Å². The molecule has 2 aromatic rings. The van der Waals surface area contributed by atoms with Gasteiger partial charge in [0.2, 0.25) is 5.91 Å². The minimum Gasteiger partial charge on any atom is -0.489 e. The number of anilines is 1. The van der Waals surface area contributed by atoms with E-state index < -0.39 is 5.82 Å². The predicted molar refractivity (Wildman–Crippen MR) is 152 cm³/mol. The van der Waals surface area contributed by atoms with Gasteiger partial charge in [-0.25, -0.2) is 9.37 Å². The number of nitrogens with zero attached hydrogens (tertiary/aromatic N) is 5. The van der Waals surface area contributed by atoms with Crippen molar-refractivity contribution in [2.45, 2.75) is 38.3 Å². The fraction of sp³-hybridized carbons (Fsp3) is 0.500. The highest BCUT2D eigenvalue weighted by atomic mass is 35.5. The molecule has 5 heterocycles. The van der Waals surface area contributed by atoms with E-state index in [9.17, 15) is 9.59 Å². The Morgan fingerprint density at radius 1 is 1.23 bits per heavy atom. The van der Waals surface area contributed by atoms with Crippen molar-refractivity contribution in [3.05, 3.63) is 53.3 Å². The first kappa shape index (κ1) is 27.0. The Kier molecular flexibility index (Phi) is 6.57. The molecule has 3 saturated heterocycles. The minimum absolute atomic E-state index is 0.0679. The number of piperazine rings is 1. The number of ether oxygens (including phenoxy) is 1. The molecule has 0 aliphatic carbocycles. The van der Waals surface area contributed by atoms with Crippen LogP contribution >= 0.6 is 11.6 Å². The summed E-state index contributed by atoms with van der Waals surface area (Å²) in [5.74, 6) is -0.154. The molecule has 3 fully saturated rings. The van der Waals surface area contributed by atoms with Gasteiger partial charge in [-0.15, -0.1) is 0 Å². The first-order chi connectivity index (χ1) is 19.0. The van der Waals surface area contributed by atoms with Gasteiger partial charge in [-0.05, 0) is 58.5 Å². The van der Waals surface area contributed by atoms with Gasteiger partial charge in [-0.2, -0.15) is 0 Å². The average molecular weight is 568 g/mol. The van der Waals surface area contributed by atoms with Crippen LogP contribution in [-0.2, 0) is 4.79 Å². The smallest absolute Gasteiger partial charge is 0.261 e. The van der Waals surface area contributed by atoms with Gasteiger partial charge < -0.3 is 24.3 Å². The molecule has 1 unspecified atom stereocenters. The highest BCUT2D eigenvalue weighted by Gasteiger charge is 2.53. The number of hydrogen-bond acceptors (Lipinski definition) is 6. The zero-order valence-electron chi connectivity index (χ0n) is 23.3. The lowest BCUT2D eigenvalue weighted by Crippen LogP contribution is -2.57. The van der Waals surface area contributed by atoms with E-state index >= 15 is 4.39 Å². The average Bonchev–Trinajstić information content (AvgIpc) is 3.36. The normalized spacial score (nSPS) is 26.0. The Morgan fingerprint density at radius 3 is 2.70 bits per heavy atom. The molecule has 1 aromatic carbocycles. The molecule has 4 aliphatic rings. The monoisotopic (exact) mass is 567 g/mol. The van der Waals surface area contributed by atoms with Crippen LogP contribution in [0.25, 0.3) is 11.3 Å². The second kappa shape index (κ2) is 9.73. The summed E-state index contributed by atoms with van der Waals surface area (Å²) in [6.45, 7) is 11.9. The third-order valence-corrected chi connectivity index (χ3v) is 9.34. The Labute approximate surface area is 239 Å². The standard InChI is InChI=1S/C30H35ClFN5O3/c1-5-22(38)35-12-13-36-19(14-35)15-40-26-23(28(36)39)27(33-25(24(26)31)20-8-6-7-9-21(20)32)37-18-30(16-29(37,2)3)10-11-34(4)17-30/h5-9,19H,1,10-18H2,2-4H3/t19-,30?/m1/s1. The number of likely N-dealkylation sites (tertiary alicyclic amines) is 1. The van der Waals surface area contributed by atoms with E-state index in [4.69, 9.17) is 21.3 Å². The van der Waals surface area contributed by atoms with Crippen molar-refractivity contribution in [1.82, 2.24) is 19.7 Å². The van der Waals surface area contributed by atoms with Crippen LogP contribution in [0.2, 0.25) is 5.02 Å². The van der Waals surface area contributed by atoms with Crippen molar-refractivity contribution in [3.63, 3.8) is 0 Å². The van der Waals surface area contributed by atoms with Crippen molar-refractivity contribution in [1.29, 1.82) is 0 Å². The second-order valence-electron chi connectivity index (χ2n) is 12.3. The van der Waals surface area contributed by atoms with E-state index in [1.807, 2.05) is 0 Å². The molecule has 0 bridgehead atoms. The maximum absolute atomic E-state index is 15.1. The predicted octanol–water partition coefficient (Wildman–Crippen LogP) is 4.08. The lowest BCUT2D eigenvalue weighted by Gasteiger charge is -2.40. The molecule has 40 heavy (non-hydrogen) atoms. The molecule has 212 valence electrons. The van der Waals surface area contributed by atoms with E-state index in [1.54, 1.807) is 28.0 Å². The Bertz CT molecular complexity index is 1400. The zero-order valence-corrected chi connectivity index (χ0v) is 24.0. The molecule has 1 spiro atoms. The van der Waals surface area contributed by atoms with Crippen LogP contribution in [0.3, 0.4) is 0 Å². The van der Waals surface area contributed by atoms with Crippen molar-refractivity contribution < 1.29 is 18.7 Å². The fourth-order valence-electron chi connectivity index (χ4n) is 7.21. The first-order valence-electron chi connectivity index (χ1n) is 13.8. The summed E-state index contributed by atoms with van der Waals surface area (Å²) in [5, 5.41) is 0.114. The fourth-order valence-corrected chi connectivity index (χ4v) is 7.51. The number of amides is 2. The van der Waals surface area contributed by atoms with Crippen LogP contribution in [0.4, 0.5) is 10.2 Å². The lowest BCUT2D eigenvalue weighted by atomic mass is 9.81. The lowest BCUT2D eigenvalue weighted by molar-refractivity contribution is -0.128. The van der Waals surface area contributed by atoms with Gasteiger partial charge >= 0.3 is 0 Å². The molecule has 4 aliphatic heterocycles. The number of halogens is 2. The number of fused-ring (bicyclic) bond motifs is 2. The molecule has 6 rings (SSSR count). The molecule has 1 aromatic heterocycles. The molecule has 0 N–H and O–H groups in total. The van der Waals surface area contributed by atoms with Crippen LogP contribution in [0.1, 0.15) is 37.0 Å². The van der Waals surface area contributed by atoms with Crippen LogP contribution < -0.4 is 9.64 Å². The van der Waals surface area contributed by atoms with Gasteiger partial charge in [0.15, 0.2) is 5.75 Å². The van der Waals surface area contributed by atoms with E-state index in [2.05, 4.69) is 37.3 Å². The van der Waals surface area contributed by atoms with Crippen molar-refractivity contribution >= 4 is 29.2 Å². The summed E-state index contributed by atoms with van der Waals surface area (Å²) in [7, 11) is 2.14. The zero-order chi connectivity index (χ0) is 28.4. The van der Waals surface area contributed by atoms with Crippen LogP contribution in [0, 0.1) is 11.2 Å². The summed E-state index contributed by atoms with van der Waals surface area (Å²) in [4.78, 5) is 39.7. The summed E-state index contributed by atoms with van der Waals surface area (Å²) in [6, 6.07) is 6.01. The maximum atomic E-state index is 15.1. The largest absolute Gasteiger partial charge is 0.489 e. The molecule has 8 nitrogen and oxygen atoms in total. The van der Waals surface area contributed by atoms with Crippen LogP contribution in [0.15, 0.2) is 36.9 Å². The quantitative estimate of drug-likeness (QED) is 0.521. The minimum atomic E-state index is -0.451. The van der Waals surface area contributed by atoms with Gasteiger partial charge in [-0.3, -0.25) is 9.59 Å². The number of aromatic nitrogens is 1. The Morgan fingerprint density at radius 2 is 2.00 bits per heavy atom. The van der Waals surface area contributed by atoms with Gasteiger partial charge in [-0.1, -0.05) is 30.3 Å². The van der Waals surface area contributed by atoms with Gasteiger partial charge in [0, 0.05) is 49.2 Å². The number of carbonyl (C=O) groups is 2. The summed E-state index contributed by atoms with van der Waals surface area (Å²) in [6.07, 6.45) is 3.29. The molecule has 2 amide bonds. The third kappa shape index (κ3) is 4.34. The topological polar surface area (TPSA) is 69.2 Å². The third-order valence-electron chi connectivity index (χ3n) is 8.99. The van der Waals surface area contributed by atoms with E-state index in [0.717, 1.165) is 32.5 Å². The highest BCUT2D eigenvalue weighted by Crippen LogP contribution is 2.52. The SMILES string of the molecule is C=CC(=O)N1CCN2C(=O)c3c(N4CC5(CCN(C)C5)CC4(C)C)nc(-c4ccccc4F)c(Cl)c3OC[C@H]2C1. The van der Waals surface area contributed by atoms with E-state index in [1.165, 1.54) is 12.1 Å². The second-order valence-corrected chi connectivity index (χ2v) is 12.7. The number of rotatable bonds is 3. The number of benzene rings is 1. The van der Waals surface area contributed by atoms with Gasteiger partial charge in [0.1, 0.15) is 28.8 Å². The first-order valence-corrected chi connectivity index (χ1v) is 14.2. The summed E-state index contributed by atoms with van der Waals surface area (Å²) < 4.78 is 21.4. The summed E-state index contributed by atoms with van der Waals surface area (Å²) >= 11 is 6.93. The van der Waals surface area contributed by atoms with Crippen molar-refractivity contribution in [2.75, 3.05) is 57.8 Å². The van der Waals surface area contributed by atoms with Crippen molar-refractivity contribution in [2.24, 2.45) is 5.41 Å². The molecule has 0 radical (unpaired) electrons. The highest BCUT2D eigenvalue weighted by molar-refractivity contribution is 6.35. The maximum Gasteiger partial charge on any atom is 0.261 e. The number of pyridine rings is 1. The Hall–Kier alpha value is -3.17. The number of carbonyl (C=O) groups excluding carboxylic acids is 2. The van der Waals surface area contributed by atoms with Gasteiger partial charge in [0.05, 0.1) is 11.7 Å². The molecule has 0 saturated carbocycles. The Balaban J connectivity index is 1.50.